The fourth-order valence-electron chi connectivity index (χ4n) is 4.64. The number of aromatic nitrogens is 1. The Balaban J connectivity index is 1.64. The Morgan fingerprint density at radius 1 is 1.15 bits per heavy atom. The van der Waals surface area contributed by atoms with Crippen molar-refractivity contribution in [2.45, 2.75) is 39.0 Å². The van der Waals surface area contributed by atoms with Crippen molar-refractivity contribution in [2.24, 2.45) is 0 Å². The molecule has 33 heavy (non-hydrogen) atoms. The van der Waals surface area contributed by atoms with Crippen LogP contribution in [0.5, 0.6) is 5.75 Å². The Kier molecular flexibility index (Phi) is 5.21. The number of carbonyl (C=O) groups is 2. The lowest BCUT2D eigenvalue weighted by Crippen LogP contribution is -2.29. The lowest BCUT2D eigenvalue weighted by atomic mass is 9.93. The third-order valence-electron chi connectivity index (χ3n) is 6.14. The topological polar surface area (TPSA) is 79.7 Å². The number of carbonyl (C=O) groups excluding carboxylic acids is 2. The quantitative estimate of drug-likeness (QED) is 0.371. The molecule has 1 saturated heterocycles. The molecule has 0 bridgehead atoms. The molecule has 0 aliphatic carbocycles. The molecule has 2 aliphatic rings. The summed E-state index contributed by atoms with van der Waals surface area (Å²) in [5.74, 6) is -0.708. The lowest BCUT2D eigenvalue weighted by Gasteiger charge is -2.25. The molecule has 2 unspecified atom stereocenters. The zero-order valence-corrected chi connectivity index (χ0v) is 18.5. The number of hydrogen-bond donors (Lipinski definition) is 1. The van der Waals surface area contributed by atoms with Crippen LogP contribution in [0.15, 0.2) is 72.6 Å². The first-order chi connectivity index (χ1) is 15.9. The maximum Gasteiger partial charge on any atom is 0.295 e. The van der Waals surface area contributed by atoms with Crippen LogP contribution in [0.1, 0.15) is 40.8 Å². The number of nitrogens with zero attached hydrogens (tertiary/aromatic N) is 2. The van der Waals surface area contributed by atoms with Gasteiger partial charge in [-0.1, -0.05) is 35.9 Å². The van der Waals surface area contributed by atoms with Crippen LogP contribution in [0, 0.1) is 6.92 Å². The number of fused-ring (bicyclic) bond motifs is 1. The number of aryl methyl sites for hydroxylation is 1. The van der Waals surface area contributed by atoms with E-state index in [4.69, 9.17) is 4.74 Å². The summed E-state index contributed by atoms with van der Waals surface area (Å²) in [4.78, 5) is 32.0. The molecule has 1 aromatic heterocycles. The van der Waals surface area contributed by atoms with E-state index in [-0.39, 0.29) is 24.0 Å². The number of rotatable bonds is 4. The molecule has 0 spiro atoms. The van der Waals surface area contributed by atoms with Gasteiger partial charge in [0.2, 0.25) is 0 Å². The molecule has 6 heteroatoms. The predicted octanol–water partition coefficient (Wildman–Crippen LogP) is 4.34. The number of hydrogen-bond acceptors (Lipinski definition) is 5. The highest BCUT2D eigenvalue weighted by atomic mass is 16.5. The van der Waals surface area contributed by atoms with Crippen molar-refractivity contribution in [1.29, 1.82) is 0 Å². The first kappa shape index (κ1) is 20.9. The van der Waals surface area contributed by atoms with E-state index in [1.807, 2.05) is 50.2 Å². The number of aliphatic hydroxyl groups excluding tert-OH is 1. The van der Waals surface area contributed by atoms with E-state index in [2.05, 4.69) is 4.98 Å². The zero-order valence-electron chi connectivity index (χ0n) is 18.5. The lowest BCUT2D eigenvalue weighted by molar-refractivity contribution is -0.140. The molecule has 5 rings (SSSR count). The van der Waals surface area contributed by atoms with Crippen LogP contribution in [0.25, 0.3) is 5.76 Å². The number of pyridine rings is 1. The average molecular weight is 440 g/mol. The first-order valence-corrected chi connectivity index (χ1v) is 11.0. The van der Waals surface area contributed by atoms with Gasteiger partial charge in [-0.05, 0) is 54.8 Å². The number of ether oxygens (including phenoxy) is 1. The summed E-state index contributed by atoms with van der Waals surface area (Å²) in [6.45, 7) is 4.16. The molecule has 3 aromatic rings. The highest BCUT2D eigenvalue weighted by Gasteiger charge is 2.46. The van der Waals surface area contributed by atoms with E-state index in [0.717, 1.165) is 34.4 Å². The van der Waals surface area contributed by atoms with Crippen molar-refractivity contribution in [3.63, 3.8) is 0 Å². The van der Waals surface area contributed by atoms with Crippen molar-refractivity contribution in [2.75, 3.05) is 0 Å². The normalized spacial score (nSPS) is 21.2. The van der Waals surface area contributed by atoms with Gasteiger partial charge >= 0.3 is 0 Å². The second kappa shape index (κ2) is 8.20. The number of Topliss-reactive ketones (excluding diaryl/α,β-unsaturated/α-hetero) is 1. The molecule has 2 atom stereocenters. The van der Waals surface area contributed by atoms with Crippen molar-refractivity contribution >= 4 is 17.4 Å². The molecule has 6 nitrogen and oxygen atoms in total. The number of ketones is 1. The fourth-order valence-corrected chi connectivity index (χ4v) is 4.64. The van der Waals surface area contributed by atoms with Crippen LogP contribution >= 0.6 is 0 Å². The smallest absolute Gasteiger partial charge is 0.295 e. The van der Waals surface area contributed by atoms with Gasteiger partial charge < -0.3 is 14.7 Å². The first-order valence-electron chi connectivity index (χ1n) is 11.0. The molecule has 2 aromatic carbocycles. The van der Waals surface area contributed by atoms with E-state index in [0.29, 0.717) is 5.56 Å². The number of amides is 1. The van der Waals surface area contributed by atoms with Crippen LogP contribution in [-0.2, 0) is 22.6 Å². The van der Waals surface area contributed by atoms with Crippen LogP contribution in [0.2, 0.25) is 0 Å². The Morgan fingerprint density at radius 2 is 2.00 bits per heavy atom. The van der Waals surface area contributed by atoms with Gasteiger partial charge in [0.05, 0.1) is 11.6 Å². The summed E-state index contributed by atoms with van der Waals surface area (Å²) < 4.78 is 5.76. The van der Waals surface area contributed by atoms with E-state index >= 15 is 0 Å². The van der Waals surface area contributed by atoms with Crippen LogP contribution in [-0.4, -0.2) is 32.8 Å². The van der Waals surface area contributed by atoms with Gasteiger partial charge in [0.1, 0.15) is 17.6 Å². The average Bonchev–Trinajstić information content (AvgIpc) is 3.30. The zero-order chi connectivity index (χ0) is 23.1. The Labute approximate surface area is 192 Å². The number of aliphatic hydroxyl groups is 1. The molecule has 2 aliphatic heterocycles. The second-order valence-corrected chi connectivity index (χ2v) is 8.66. The van der Waals surface area contributed by atoms with Crippen molar-refractivity contribution < 1.29 is 19.4 Å². The van der Waals surface area contributed by atoms with E-state index in [1.54, 1.807) is 30.6 Å². The molecule has 1 amide bonds. The molecule has 0 radical (unpaired) electrons. The molecule has 1 N–H and O–H groups in total. The maximum atomic E-state index is 13.2. The van der Waals surface area contributed by atoms with Gasteiger partial charge in [-0.3, -0.25) is 14.6 Å². The minimum absolute atomic E-state index is 0.0646. The number of benzene rings is 2. The van der Waals surface area contributed by atoms with E-state index < -0.39 is 17.7 Å². The maximum absolute atomic E-state index is 13.2. The Hall–Kier alpha value is -3.93. The Morgan fingerprint density at radius 3 is 2.76 bits per heavy atom. The van der Waals surface area contributed by atoms with Gasteiger partial charge in [0.15, 0.2) is 0 Å². The standard InChI is InChI=1S/C27H24N2O4/c1-16-5-3-7-19(11-16)24-23(25(30)20-8-9-22-21(13-20)12-17(2)33-22)26(31)27(32)29(24)15-18-6-4-10-28-14-18/h3-11,13-14,17,24,30H,12,15H2,1-2H3/b25-23-. The van der Waals surface area contributed by atoms with Crippen LogP contribution in [0.3, 0.4) is 0 Å². The van der Waals surface area contributed by atoms with E-state index in [1.165, 1.54) is 4.90 Å². The molecule has 166 valence electrons. The SMILES string of the molecule is Cc1cccc(C2/C(=C(/O)c3ccc4c(c3)CC(C)O4)C(=O)C(=O)N2Cc2cccnc2)c1. The van der Waals surface area contributed by atoms with Crippen molar-refractivity contribution in [1.82, 2.24) is 9.88 Å². The number of likely N-dealkylation sites (tertiary alicyclic amines) is 1. The van der Waals surface area contributed by atoms with Crippen LogP contribution in [0.4, 0.5) is 0 Å². The molecule has 3 heterocycles. The highest BCUT2D eigenvalue weighted by molar-refractivity contribution is 6.46. The summed E-state index contributed by atoms with van der Waals surface area (Å²) >= 11 is 0. The molecular formula is C27H24N2O4. The van der Waals surface area contributed by atoms with Crippen molar-refractivity contribution in [3.8, 4) is 5.75 Å². The summed E-state index contributed by atoms with van der Waals surface area (Å²) in [6, 6.07) is 16.0. The third-order valence-corrected chi connectivity index (χ3v) is 6.14. The Bertz CT molecular complexity index is 1280. The van der Waals surface area contributed by atoms with Crippen LogP contribution < -0.4 is 4.74 Å². The summed E-state index contributed by atoms with van der Waals surface area (Å²) in [6.07, 6.45) is 4.13. The van der Waals surface area contributed by atoms with Gasteiger partial charge in [0.25, 0.3) is 11.7 Å². The third kappa shape index (κ3) is 3.78. The predicted molar refractivity (Wildman–Crippen MR) is 123 cm³/mol. The molecule has 1 fully saturated rings. The van der Waals surface area contributed by atoms with Gasteiger partial charge in [-0.25, -0.2) is 0 Å². The summed E-state index contributed by atoms with van der Waals surface area (Å²) in [5.41, 5.74) is 4.16. The fraction of sp³-hybridized carbons (Fsp3) is 0.222. The second-order valence-electron chi connectivity index (χ2n) is 8.66. The van der Waals surface area contributed by atoms with Gasteiger partial charge in [0, 0.05) is 30.9 Å². The molecule has 0 saturated carbocycles. The van der Waals surface area contributed by atoms with Crippen molar-refractivity contribution in [3.05, 3.63) is 100 Å². The van der Waals surface area contributed by atoms with Gasteiger partial charge in [-0.2, -0.15) is 0 Å². The van der Waals surface area contributed by atoms with Gasteiger partial charge in [-0.15, -0.1) is 0 Å². The summed E-state index contributed by atoms with van der Waals surface area (Å²) in [5, 5.41) is 11.3. The minimum atomic E-state index is -0.700. The molecular weight excluding hydrogens is 416 g/mol. The van der Waals surface area contributed by atoms with E-state index in [9.17, 15) is 14.7 Å². The summed E-state index contributed by atoms with van der Waals surface area (Å²) in [7, 11) is 0. The minimum Gasteiger partial charge on any atom is -0.507 e. The highest BCUT2D eigenvalue weighted by Crippen LogP contribution is 2.41. The largest absolute Gasteiger partial charge is 0.507 e. The monoisotopic (exact) mass is 440 g/mol.